The summed E-state index contributed by atoms with van der Waals surface area (Å²) in [6.45, 7) is 5.98. The molecule has 1 aromatic carbocycles. The van der Waals surface area contributed by atoms with Crippen LogP contribution in [0.2, 0.25) is 0 Å². The van der Waals surface area contributed by atoms with E-state index in [0.29, 0.717) is 23.0 Å². The molecule has 0 aromatic heterocycles. The molecule has 1 aliphatic rings. The fourth-order valence-corrected chi connectivity index (χ4v) is 4.14. The van der Waals surface area contributed by atoms with Crippen molar-refractivity contribution in [3.8, 4) is 6.07 Å². The molecule has 0 unspecified atom stereocenters. The van der Waals surface area contributed by atoms with Gasteiger partial charge in [0.05, 0.1) is 22.3 Å². The molecule has 2 atom stereocenters. The molecule has 1 aliphatic heterocycles. The first-order valence-electron chi connectivity index (χ1n) is 7.39. The topological polar surface area (TPSA) is 61.2 Å². The van der Waals surface area contributed by atoms with Gasteiger partial charge in [0, 0.05) is 12.6 Å². The molecule has 1 heterocycles. The third-order valence-electron chi connectivity index (χ3n) is 4.27. The molecule has 1 aromatic rings. The van der Waals surface area contributed by atoms with Gasteiger partial charge in [-0.15, -0.1) is 0 Å². The Bertz CT molecular complexity index is 617. The smallest absolute Gasteiger partial charge is 0.179 e. The number of nitrogens with zero attached hydrogens (tertiary/aromatic N) is 2. The van der Waals surface area contributed by atoms with Gasteiger partial charge in [-0.1, -0.05) is 6.92 Å². The predicted molar refractivity (Wildman–Crippen MR) is 82.6 cm³/mol. The molecule has 0 radical (unpaired) electrons. The quantitative estimate of drug-likeness (QED) is 0.857. The Kier molecular flexibility index (Phi) is 5.02. The molecule has 0 amide bonds. The highest BCUT2D eigenvalue weighted by Gasteiger charge is 2.24. The number of rotatable bonds is 4. The van der Waals surface area contributed by atoms with Gasteiger partial charge < -0.3 is 0 Å². The second kappa shape index (κ2) is 6.59. The first-order valence-corrected chi connectivity index (χ1v) is 9.04. The summed E-state index contributed by atoms with van der Waals surface area (Å²) in [6, 6.07) is 8.60. The fourth-order valence-electron chi connectivity index (χ4n) is 2.88. The van der Waals surface area contributed by atoms with Crippen LogP contribution >= 0.6 is 0 Å². The lowest BCUT2D eigenvalue weighted by Crippen LogP contribution is -2.42. The van der Waals surface area contributed by atoms with Crippen LogP contribution in [0.15, 0.2) is 29.2 Å². The number of benzene rings is 1. The Morgan fingerprint density at radius 2 is 1.95 bits per heavy atom. The van der Waals surface area contributed by atoms with E-state index < -0.39 is 9.84 Å². The van der Waals surface area contributed by atoms with E-state index in [1.165, 1.54) is 12.1 Å². The molecule has 0 N–H and O–H groups in total. The first-order chi connectivity index (χ1) is 9.92. The second-order valence-corrected chi connectivity index (χ2v) is 8.08. The Labute approximate surface area is 127 Å². The second-order valence-electron chi connectivity index (χ2n) is 5.97. The summed E-state index contributed by atoms with van der Waals surface area (Å²) in [6.07, 6.45) is 2.28. The summed E-state index contributed by atoms with van der Waals surface area (Å²) >= 11 is 0. The van der Waals surface area contributed by atoms with Crippen molar-refractivity contribution >= 4 is 9.84 Å². The molecule has 5 heteroatoms. The zero-order chi connectivity index (χ0) is 15.5. The van der Waals surface area contributed by atoms with Gasteiger partial charge in [0.2, 0.25) is 0 Å². The van der Waals surface area contributed by atoms with Crippen molar-refractivity contribution in [1.82, 2.24) is 4.90 Å². The Morgan fingerprint density at radius 3 is 2.52 bits per heavy atom. The van der Waals surface area contributed by atoms with Crippen molar-refractivity contribution in [3.05, 3.63) is 29.8 Å². The number of nitriles is 1. The van der Waals surface area contributed by atoms with Gasteiger partial charge >= 0.3 is 0 Å². The molecule has 0 spiro atoms. The Balaban J connectivity index is 1.99. The number of hydrogen-bond donors (Lipinski definition) is 0. The minimum atomic E-state index is -3.27. The van der Waals surface area contributed by atoms with E-state index in [1.54, 1.807) is 12.1 Å². The molecule has 1 fully saturated rings. The maximum absolute atomic E-state index is 12.3. The number of hydrogen-bond acceptors (Lipinski definition) is 4. The molecule has 4 nitrogen and oxygen atoms in total. The van der Waals surface area contributed by atoms with E-state index in [-0.39, 0.29) is 5.75 Å². The van der Waals surface area contributed by atoms with Gasteiger partial charge in [0.15, 0.2) is 9.84 Å². The maximum Gasteiger partial charge on any atom is 0.179 e. The lowest BCUT2D eigenvalue weighted by atomic mass is 9.93. The summed E-state index contributed by atoms with van der Waals surface area (Å²) in [5.74, 6) is 0.865. The molecular weight excluding hydrogens is 284 g/mol. The molecule has 2 rings (SSSR count). The van der Waals surface area contributed by atoms with Crippen LogP contribution in [-0.2, 0) is 9.84 Å². The maximum atomic E-state index is 12.3. The van der Waals surface area contributed by atoms with Crippen LogP contribution in [0.5, 0.6) is 0 Å². The number of sulfone groups is 1. The first kappa shape index (κ1) is 16.0. The van der Waals surface area contributed by atoms with Gasteiger partial charge in [-0.05, 0) is 56.5 Å². The summed E-state index contributed by atoms with van der Waals surface area (Å²) in [7, 11) is -3.27. The SMILES string of the molecule is C[C@@H]1CCN(CCS(=O)(=O)c2ccc(C#N)cc2)[C@H](C)C1. The van der Waals surface area contributed by atoms with Crippen molar-refractivity contribution < 1.29 is 8.42 Å². The lowest BCUT2D eigenvalue weighted by molar-refractivity contribution is 0.137. The van der Waals surface area contributed by atoms with E-state index in [4.69, 9.17) is 5.26 Å². The van der Waals surface area contributed by atoms with Gasteiger partial charge in [-0.3, -0.25) is 4.90 Å². The highest BCUT2D eigenvalue weighted by molar-refractivity contribution is 7.91. The van der Waals surface area contributed by atoms with E-state index in [9.17, 15) is 8.42 Å². The molecule has 21 heavy (non-hydrogen) atoms. The van der Waals surface area contributed by atoms with Crippen LogP contribution in [0.4, 0.5) is 0 Å². The van der Waals surface area contributed by atoms with E-state index >= 15 is 0 Å². The highest BCUT2D eigenvalue weighted by atomic mass is 32.2. The molecule has 0 saturated carbocycles. The van der Waals surface area contributed by atoms with E-state index in [1.807, 2.05) is 6.07 Å². The van der Waals surface area contributed by atoms with Crippen molar-refractivity contribution in [1.29, 1.82) is 5.26 Å². The van der Waals surface area contributed by atoms with Gasteiger partial charge in [-0.2, -0.15) is 5.26 Å². The Hall–Kier alpha value is -1.38. The summed E-state index contributed by atoms with van der Waals surface area (Å²) < 4.78 is 24.7. The minimum Gasteiger partial charge on any atom is -0.300 e. The van der Waals surface area contributed by atoms with Gasteiger partial charge in [0.1, 0.15) is 0 Å². The van der Waals surface area contributed by atoms with Crippen LogP contribution in [0.25, 0.3) is 0 Å². The zero-order valence-electron chi connectivity index (χ0n) is 12.6. The average molecular weight is 306 g/mol. The number of likely N-dealkylation sites (tertiary alicyclic amines) is 1. The van der Waals surface area contributed by atoms with Crippen LogP contribution < -0.4 is 0 Å². The summed E-state index contributed by atoms with van der Waals surface area (Å²) in [4.78, 5) is 2.57. The highest BCUT2D eigenvalue weighted by Crippen LogP contribution is 2.22. The monoisotopic (exact) mass is 306 g/mol. The normalized spacial score (nSPS) is 23.7. The van der Waals surface area contributed by atoms with Crippen LogP contribution in [0.3, 0.4) is 0 Å². The fraction of sp³-hybridized carbons (Fsp3) is 0.562. The average Bonchev–Trinajstić information content (AvgIpc) is 2.46. The molecule has 1 saturated heterocycles. The van der Waals surface area contributed by atoms with E-state index in [0.717, 1.165) is 25.3 Å². The zero-order valence-corrected chi connectivity index (χ0v) is 13.4. The number of piperidine rings is 1. The lowest BCUT2D eigenvalue weighted by Gasteiger charge is -2.36. The molecule has 0 aliphatic carbocycles. The predicted octanol–water partition coefficient (Wildman–Crippen LogP) is 2.45. The van der Waals surface area contributed by atoms with Crippen LogP contribution in [-0.4, -0.2) is 38.2 Å². The summed E-state index contributed by atoms with van der Waals surface area (Å²) in [5, 5.41) is 8.75. The van der Waals surface area contributed by atoms with E-state index in [2.05, 4.69) is 18.7 Å². The molecule has 114 valence electrons. The van der Waals surface area contributed by atoms with Crippen molar-refractivity contribution in [3.63, 3.8) is 0 Å². The van der Waals surface area contributed by atoms with Crippen LogP contribution in [0, 0.1) is 17.2 Å². The third-order valence-corrected chi connectivity index (χ3v) is 5.98. The summed E-state index contributed by atoms with van der Waals surface area (Å²) in [5.41, 5.74) is 0.479. The largest absolute Gasteiger partial charge is 0.300 e. The van der Waals surface area contributed by atoms with Crippen molar-refractivity contribution in [2.45, 2.75) is 37.6 Å². The van der Waals surface area contributed by atoms with Crippen LogP contribution in [0.1, 0.15) is 32.3 Å². The van der Waals surface area contributed by atoms with Crippen molar-refractivity contribution in [2.24, 2.45) is 5.92 Å². The van der Waals surface area contributed by atoms with Gasteiger partial charge in [0.25, 0.3) is 0 Å². The van der Waals surface area contributed by atoms with Crippen molar-refractivity contribution in [2.75, 3.05) is 18.8 Å². The minimum absolute atomic E-state index is 0.137. The third kappa shape index (κ3) is 4.05. The molecular formula is C16H22N2O2S. The van der Waals surface area contributed by atoms with Gasteiger partial charge in [-0.25, -0.2) is 8.42 Å². The standard InChI is InChI=1S/C16H22N2O2S/c1-13-7-8-18(14(2)11-13)9-10-21(19,20)16-5-3-15(12-17)4-6-16/h3-6,13-14H,7-11H2,1-2H3/t13-,14-/m1/s1. The molecule has 0 bridgehead atoms. The Morgan fingerprint density at radius 1 is 1.29 bits per heavy atom.